The molecule has 0 heterocycles. The van der Waals surface area contributed by atoms with Crippen LogP contribution in [0, 0.1) is 11.7 Å². The normalized spacial score (nSPS) is 17.7. The molecule has 1 aliphatic rings. The van der Waals surface area contributed by atoms with Crippen LogP contribution in [0.5, 0.6) is 0 Å². The van der Waals surface area contributed by atoms with Gasteiger partial charge >= 0.3 is 0 Å². The molecule has 0 unspecified atom stereocenters. The quantitative estimate of drug-likeness (QED) is 0.781. The van der Waals surface area contributed by atoms with Crippen molar-refractivity contribution in [1.82, 2.24) is 5.32 Å². The SMILES string of the molecule is C[C@@H](NCCC1CC1)c1cccc(F)c1. The van der Waals surface area contributed by atoms with E-state index in [4.69, 9.17) is 0 Å². The summed E-state index contributed by atoms with van der Waals surface area (Å²) in [5.41, 5.74) is 1.03. The van der Waals surface area contributed by atoms with Crippen molar-refractivity contribution in [2.24, 2.45) is 5.92 Å². The molecule has 2 heteroatoms. The molecule has 1 atom stereocenters. The Morgan fingerprint density at radius 1 is 1.47 bits per heavy atom. The molecule has 1 aromatic rings. The first-order valence-electron chi connectivity index (χ1n) is 5.74. The van der Waals surface area contributed by atoms with Crippen LogP contribution in [-0.2, 0) is 0 Å². The van der Waals surface area contributed by atoms with Crippen molar-refractivity contribution in [3.8, 4) is 0 Å². The summed E-state index contributed by atoms with van der Waals surface area (Å²) >= 11 is 0. The van der Waals surface area contributed by atoms with Crippen LogP contribution in [0.2, 0.25) is 0 Å². The first-order valence-corrected chi connectivity index (χ1v) is 5.74. The summed E-state index contributed by atoms with van der Waals surface area (Å²) in [7, 11) is 0. The molecule has 2 rings (SSSR count). The lowest BCUT2D eigenvalue weighted by Gasteiger charge is -2.13. The van der Waals surface area contributed by atoms with E-state index in [0.717, 1.165) is 18.0 Å². The highest BCUT2D eigenvalue weighted by Crippen LogP contribution is 2.31. The van der Waals surface area contributed by atoms with Crippen LogP contribution in [-0.4, -0.2) is 6.54 Å². The summed E-state index contributed by atoms with van der Waals surface area (Å²) < 4.78 is 13.0. The first-order chi connectivity index (χ1) is 7.25. The standard InChI is InChI=1S/C13H18FN/c1-10(15-8-7-11-5-6-11)12-3-2-4-13(14)9-12/h2-4,9-11,15H,5-8H2,1H3/t10-/m1/s1. The van der Waals surface area contributed by atoms with Crippen molar-refractivity contribution >= 4 is 0 Å². The van der Waals surface area contributed by atoms with Crippen molar-refractivity contribution < 1.29 is 4.39 Å². The van der Waals surface area contributed by atoms with E-state index in [2.05, 4.69) is 12.2 Å². The van der Waals surface area contributed by atoms with E-state index in [9.17, 15) is 4.39 Å². The number of hydrogen-bond acceptors (Lipinski definition) is 1. The molecule has 0 spiro atoms. The Balaban J connectivity index is 1.80. The van der Waals surface area contributed by atoms with Crippen LogP contribution in [0.1, 0.15) is 37.8 Å². The van der Waals surface area contributed by atoms with Crippen molar-refractivity contribution in [3.05, 3.63) is 35.6 Å². The Bertz CT molecular complexity index is 320. The maximum atomic E-state index is 13.0. The minimum Gasteiger partial charge on any atom is -0.310 e. The smallest absolute Gasteiger partial charge is 0.123 e. The number of nitrogens with one attached hydrogen (secondary N) is 1. The molecule has 0 saturated heterocycles. The van der Waals surface area contributed by atoms with Crippen molar-refractivity contribution in [2.75, 3.05) is 6.54 Å². The molecular formula is C13H18FN. The van der Waals surface area contributed by atoms with Gasteiger partial charge in [-0.3, -0.25) is 0 Å². The molecule has 1 saturated carbocycles. The average molecular weight is 207 g/mol. The van der Waals surface area contributed by atoms with Crippen LogP contribution in [0.4, 0.5) is 4.39 Å². The number of benzene rings is 1. The molecule has 15 heavy (non-hydrogen) atoms. The van der Waals surface area contributed by atoms with Crippen molar-refractivity contribution in [1.29, 1.82) is 0 Å². The minimum atomic E-state index is -0.150. The Labute approximate surface area is 90.7 Å². The number of hydrogen-bond donors (Lipinski definition) is 1. The summed E-state index contributed by atoms with van der Waals surface area (Å²) in [6.07, 6.45) is 4.06. The number of rotatable bonds is 5. The fourth-order valence-electron chi connectivity index (χ4n) is 1.80. The Morgan fingerprint density at radius 3 is 2.93 bits per heavy atom. The zero-order valence-electron chi connectivity index (χ0n) is 9.17. The van der Waals surface area contributed by atoms with E-state index in [1.54, 1.807) is 12.1 Å². The molecule has 0 aromatic heterocycles. The van der Waals surface area contributed by atoms with Gasteiger partial charge in [-0.1, -0.05) is 25.0 Å². The van der Waals surface area contributed by atoms with E-state index in [-0.39, 0.29) is 11.9 Å². The lowest BCUT2D eigenvalue weighted by Crippen LogP contribution is -2.20. The van der Waals surface area contributed by atoms with E-state index in [0.29, 0.717) is 0 Å². The van der Waals surface area contributed by atoms with Gasteiger partial charge in [-0.05, 0) is 43.5 Å². The summed E-state index contributed by atoms with van der Waals surface area (Å²) in [5, 5.41) is 3.43. The molecule has 1 N–H and O–H groups in total. The lowest BCUT2D eigenvalue weighted by molar-refractivity contribution is 0.535. The zero-order valence-corrected chi connectivity index (χ0v) is 9.17. The summed E-state index contributed by atoms with van der Waals surface area (Å²) in [6.45, 7) is 3.13. The van der Waals surface area contributed by atoms with Gasteiger partial charge in [-0.2, -0.15) is 0 Å². The van der Waals surface area contributed by atoms with Gasteiger partial charge in [0.1, 0.15) is 5.82 Å². The van der Waals surface area contributed by atoms with Crippen LogP contribution in [0.3, 0.4) is 0 Å². The van der Waals surface area contributed by atoms with Crippen molar-refractivity contribution in [2.45, 2.75) is 32.2 Å². The van der Waals surface area contributed by atoms with Gasteiger partial charge in [0, 0.05) is 6.04 Å². The Morgan fingerprint density at radius 2 is 2.27 bits per heavy atom. The fourth-order valence-corrected chi connectivity index (χ4v) is 1.80. The fraction of sp³-hybridized carbons (Fsp3) is 0.538. The summed E-state index contributed by atoms with van der Waals surface area (Å²) in [5.74, 6) is 0.806. The topological polar surface area (TPSA) is 12.0 Å². The predicted molar refractivity (Wildman–Crippen MR) is 60.2 cm³/mol. The van der Waals surface area contributed by atoms with Crippen LogP contribution < -0.4 is 5.32 Å². The monoisotopic (exact) mass is 207 g/mol. The highest BCUT2D eigenvalue weighted by molar-refractivity contribution is 5.19. The van der Waals surface area contributed by atoms with Gasteiger partial charge in [-0.15, -0.1) is 0 Å². The summed E-state index contributed by atoms with van der Waals surface area (Å²) in [6, 6.07) is 7.08. The molecule has 1 aliphatic carbocycles. The second-order valence-electron chi connectivity index (χ2n) is 4.46. The van der Waals surface area contributed by atoms with Crippen LogP contribution >= 0.6 is 0 Å². The van der Waals surface area contributed by atoms with Crippen LogP contribution in [0.25, 0.3) is 0 Å². The Kier molecular flexibility index (Phi) is 3.37. The van der Waals surface area contributed by atoms with Gasteiger partial charge in [0.05, 0.1) is 0 Å². The highest BCUT2D eigenvalue weighted by atomic mass is 19.1. The molecule has 0 aliphatic heterocycles. The maximum Gasteiger partial charge on any atom is 0.123 e. The van der Waals surface area contributed by atoms with E-state index < -0.39 is 0 Å². The first kappa shape index (κ1) is 10.6. The van der Waals surface area contributed by atoms with Gasteiger partial charge in [-0.25, -0.2) is 4.39 Å². The molecule has 1 fully saturated rings. The number of halogens is 1. The van der Waals surface area contributed by atoms with E-state index in [1.807, 2.05) is 6.07 Å². The molecule has 82 valence electrons. The molecule has 1 aromatic carbocycles. The maximum absolute atomic E-state index is 13.0. The van der Waals surface area contributed by atoms with Gasteiger partial charge in [0.2, 0.25) is 0 Å². The second-order valence-corrected chi connectivity index (χ2v) is 4.46. The predicted octanol–water partition coefficient (Wildman–Crippen LogP) is 3.28. The van der Waals surface area contributed by atoms with Gasteiger partial charge in [0.15, 0.2) is 0 Å². The van der Waals surface area contributed by atoms with E-state index >= 15 is 0 Å². The molecule has 0 amide bonds. The van der Waals surface area contributed by atoms with E-state index in [1.165, 1.54) is 25.3 Å². The molecular weight excluding hydrogens is 189 g/mol. The van der Waals surface area contributed by atoms with Gasteiger partial charge < -0.3 is 5.32 Å². The third kappa shape index (κ3) is 3.31. The lowest BCUT2D eigenvalue weighted by atomic mass is 10.1. The Hall–Kier alpha value is -0.890. The highest BCUT2D eigenvalue weighted by Gasteiger charge is 2.20. The molecule has 0 bridgehead atoms. The third-order valence-corrected chi connectivity index (χ3v) is 3.05. The molecule has 1 nitrogen and oxygen atoms in total. The van der Waals surface area contributed by atoms with Crippen molar-refractivity contribution in [3.63, 3.8) is 0 Å². The van der Waals surface area contributed by atoms with Crippen LogP contribution in [0.15, 0.2) is 24.3 Å². The largest absolute Gasteiger partial charge is 0.310 e. The minimum absolute atomic E-state index is 0.150. The molecule has 0 radical (unpaired) electrons. The zero-order chi connectivity index (χ0) is 10.7. The summed E-state index contributed by atoms with van der Waals surface area (Å²) in [4.78, 5) is 0. The average Bonchev–Trinajstić information content (AvgIpc) is 3.01. The third-order valence-electron chi connectivity index (χ3n) is 3.05. The van der Waals surface area contributed by atoms with Gasteiger partial charge in [0.25, 0.3) is 0 Å². The second kappa shape index (κ2) is 4.75.